The van der Waals surface area contributed by atoms with Crippen LogP contribution in [-0.2, 0) is 4.79 Å². The maximum atomic E-state index is 12.2. The van der Waals surface area contributed by atoms with E-state index in [0.29, 0.717) is 17.7 Å². The molecule has 0 radical (unpaired) electrons. The van der Waals surface area contributed by atoms with E-state index in [1.165, 1.54) is 10.8 Å². The van der Waals surface area contributed by atoms with Crippen LogP contribution in [0.2, 0.25) is 18.6 Å². The topological polar surface area (TPSA) is 17.1 Å². The van der Waals surface area contributed by atoms with Gasteiger partial charge >= 0.3 is 0 Å². The highest BCUT2D eigenvalue weighted by Gasteiger charge is 2.35. The summed E-state index contributed by atoms with van der Waals surface area (Å²) >= 11 is 0. The molecule has 1 aromatic carbocycles. The molecule has 0 N–H and O–H groups in total. The summed E-state index contributed by atoms with van der Waals surface area (Å²) in [4.78, 5) is 12.2. The molecule has 0 aliphatic heterocycles. The van der Waals surface area contributed by atoms with Gasteiger partial charge in [-0.15, -0.1) is 0 Å². The van der Waals surface area contributed by atoms with E-state index in [2.05, 4.69) is 63.3 Å². The number of ketones is 1. The molecule has 0 bridgehead atoms. The molecule has 0 aliphatic rings. The van der Waals surface area contributed by atoms with Crippen molar-refractivity contribution in [3.05, 3.63) is 42.0 Å². The second-order valence-electron chi connectivity index (χ2n) is 6.50. The first-order valence-corrected chi connectivity index (χ1v) is 10.6. The van der Waals surface area contributed by atoms with Crippen molar-refractivity contribution in [2.75, 3.05) is 0 Å². The highest BCUT2D eigenvalue weighted by molar-refractivity contribution is 6.91. The van der Waals surface area contributed by atoms with Gasteiger partial charge in [0, 0.05) is 12.3 Å². The van der Waals surface area contributed by atoms with Crippen molar-refractivity contribution in [3.63, 3.8) is 0 Å². The van der Waals surface area contributed by atoms with Crippen LogP contribution >= 0.6 is 0 Å². The third kappa shape index (κ3) is 3.92. The Kier molecular flexibility index (Phi) is 5.94. The van der Waals surface area contributed by atoms with Crippen LogP contribution in [0.1, 0.15) is 34.1 Å². The number of carbonyl (C=O) groups is 1. The Bertz CT molecular complexity index is 471. The Hall–Kier alpha value is -1.15. The van der Waals surface area contributed by atoms with Gasteiger partial charge in [-0.25, -0.2) is 0 Å². The van der Waals surface area contributed by atoms with Gasteiger partial charge in [-0.1, -0.05) is 74.1 Å². The summed E-state index contributed by atoms with van der Waals surface area (Å²) in [6.45, 7) is 13.0. The normalized spacial score (nSPS) is 14.4. The van der Waals surface area contributed by atoms with Gasteiger partial charge in [-0.3, -0.25) is 4.79 Å². The van der Waals surface area contributed by atoms with Gasteiger partial charge in [-0.2, -0.15) is 0 Å². The minimum absolute atomic E-state index is 0.128. The summed E-state index contributed by atoms with van der Waals surface area (Å²) < 4.78 is 0. The Balaban J connectivity index is 3.13. The van der Waals surface area contributed by atoms with E-state index >= 15 is 0 Å². The molecule has 0 aliphatic carbocycles. The first-order valence-electron chi connectivity index (χ1n) is 7.51. The molecule has 20 heavy (non-hydrogen) atoms. The lowest BCUT2D eigenvalue weighted by Gasteiger charge is -2.34. The summed E-state index contributed by atoms with van der Waals surface area (Å²) in [6, 6.07) is 10.7. The van der Waals surface area contributed by atoms with E-state index in [4.69, 9.17) is 0 Å². The molecule has 0 fully saturated rings. The average molecular weight is 289 g/mol. The van der Waals surface area contributed by atoms with Crippen molar-refractivity contribution >= 4 is 19.0 Å². The fourth-order valence-electron chi connectivity index (χ4n) is 2.69. The third-order valence-corrected chi connectivity index (χ3v) is 8.67. The quantitative estimate of drug-likeness (QED) is 0.554. The van der Waals surface area contributed by atoms with Crippen molar-refractivity contribution in [2.24, 2.45) is 5.92 Å². The van der Waals surface area contributed by atoms with E-state index < -0.39 is 8.07 Å². The van der Waals surface area contributed by atoms with E-state index in [-0.39, 0.29) is 5.92 Å². The van der Waals surface area contributed by atoms with Gasteiger partial charge in [0.15, 0.2) is 0 Å². The first kappa shape index (κ1) is 16.9. The van der Waals surface area contributed by atoms with Gasteiger partial charge in [0.05, 0.1) is 8.07 Å². The minimum Gasteiger partial charge on any atom is -0.299 e. The second-order valence-corrected chi connectivity index (χ2v) is 11.2. The fraction of sp³-hybridized carbons (Fsp3) is 0.500. The number of Topliss-reactive ketones (excluding diaryl/α,β-unsaturated/α-hetero) is 1. The van der Waals surface area contributed by atoms with Crippen LogP contribution < -0.4 is 5.19 Å². The second kappa shape index (κ2) is 7.03. The average Bonchev–Trinajstić information content (AvgIpc) is 2.44. The summed E-state index contributed by atoms with van der Waals surface area (Å²) in [5.41, 5.74) is 1.75. The van der Waals surface area contributed by atoms with E-state index in [1.807, 2.05) is 13.8 Å². The molecule has 0 saturated carbocycles. The Morgan fingerprint density at radius 2 is 1.75 bits per heavy atom. The molecule has 0 aromatic heterocycles. The fourth-order valence-corrected chi connectivity index (χ4v) is 6.16. The Labute approximate surface area is 125 Å². The van der Waals surface area contributed by atoms with Crippen LogP contribution in [0.3, 0.4) is 0 Å². The predicted octanol–water partition coefficient (Wildman–Crippen LogP) is 4.55. The molecule has 1 aromatic rings. The number of rotatable bonds is 6. The van der Waals surface area contributed by atoms with Crippen LogP contribution in [0.5, 0.6) is 0 Å². The maximum absolute atomic E-state index is 12.2. The van der Waals surface area contributed by atoms with Gasteiger partial charge in [0.25, 0.3) is 0 Å². The van der Waals surface area contributed by atoms with Gasteiger partial charge in [0.2, 0.25) is 0 Å². The molecule has 110 valence electrons. The van der Waals surface area contributed by atoms with E-state index in [9.17, 15) is 4.79 Å². The monoisotopic (exact) mass is 288 g/mol. The molecule has 1 nitrogen and oxygen atoms in total. The largest absolute Gasteiger partial charge is 0.299 e. The molecule has 2 heteroatoms. The van der Waals surface area contributed by atoms with Crippen molar-refractivity contribution < 1.29 is 4.79 Å². The number of carbonyl (C=O) groups excluding carboxylic acids is 1. The number of hydrogen-bond acceptors (Lipinski definition) is 1. The third-order valence-electron chi connectivity index (χ3n) is 4.44. The lowest BCUT2D eigenvalue weighted by atomic mass is 10.0. The van der Waals surface area contributed by atoms with Crippen LogP contribution in [0.25, 0.3) is 0 Å². The van der Waals surface area contributed by atoms with Crippen molar-refractivity contribution in [1.82, 2.24) is 0 Å². The molecule has 0 amide bonds. The number of hydrogen-bond donors (Lipinski definition) is 0. The zero-order valence-electron chi connectivity index (χ0n) is 13.7. The molecule has 1 atom stereocenters. The molecule has 0 saturated heterocycles. The molecule has 0 spiro atoms. The zero-order chi connectivity index (χ0) is 15.3. The van der Waals surface area contributed by atoms with Crippen molar-refractivity contribution in [1.29, 1.82) is 0 Å². The summed E-state index contributed by atoms with van der Waals surface area (Å²) in [6.07, 6.45) is 2.86. The molecule has 1 rings (SSSR count). The van der Waals surface area contributed by atoms with E-state index in [1.54, 1.807) is 0 Å². The van der Waals surface area contributed by atoms with Crippen LogP contribution in [0.4, 0.5) is 0 Å². The smallest absolute Gasteiger partial charge is 0.135 e. The minimum atomic E-state index is -1.69. The van der Waals surface area contributed by atoms with Crippen molar-refractivity contribution in [2.45, 2.75) is 52.8 Å². The standard InChI is InChI=1S/C18H28OSi/c1-7-15(4)18(13-17(19)14(2)3)20(5,6)16-11-9-8-10-12-16/h7-12,14,18H,13H2,1-6H3/b15-7+/t18-/m1/s1. The Morgan fingerprint density at radius 1 is 1.20 bits per heavy atom. The molecule has 0 unspecified atom stereocenters. The van der Waals surface area contributed by atoms with Crippen molar-refractivity contribution in [3.8, 4) is 0 Å². The maximum Gasteiger partial charge on any atom is 0.135 e. The number of allylic oxidation sites excluding steroid dienone is 2. The van der Waals surface area contributed by atoms with Gasteiger partial charge < -0.3 is 0 Å². The van der Waals surface area contributed by atoms with Crippen LogP contribution in [0, 0.1) is 5.92 Å². The lowest BCUT2D eigenvalue weighted by Crippen LogP contribution is -2.47. The molecular formula is C18H28OSi. The number of benzene rings is 1. The zero-order valence-corrected chi connectivity index (χ0v) is 14.7. The SMILES string of the molecule is C/C=C(\C)[C@@H](CC(=O)C(C)C)[Si](C)(C)c1ccccc1. The predicted molar refractivity (Wildman–Crippen MR) is 91.2 cm³/mol. The van der Waals surface area contributed by atoms with E-state index in [0.717, 1.165) is 0 Å². The highest BCUT2D eigenvalue weighted by atomic mass is 28.3. The van der Waals surface area contributed by atoms with Gasteiger partial charge in [0.1, 0.15) is 5.78 Å². The summed E-state index contributed by atoms with van der Waals surface area (Å²) in [5, 5.41) is 1.43. The van der Waals surface area contributed by atoms with Gasteiger partial charge in [-0.05, 0) is 19.4 Å². The van der Waals surface area contributed by atoms with Crippen LogP contribution in [0.15, 0.2) is 42.0 Å². The Morgan fingerprint density at radius 3 is 2.20 bits per heavy atom. The highest BCUT2D eigenvalue weighted by Crippen LogP contribution is 2.34. The van der Waals surface area contributed by atoms with Crippen LogP contribution in [-0.4, -0.2) is 13.9 Å². The summed E-state index contributed by atoms with van der Waals surface area (Å²) in [7, 11) is -1.69. The molecular weight excluding hydrogens is 260 g/mol. The first-order chi connectivity index (χ1) is 9.30. The lowest BCUT2D eigenvalue weighted by molar-refractivity contribution is -0.121. The molecule has 0 heterocycles. The summed E-state index contributed by atoms with van der Waals surface area (Å²) in [5.74, 6) is 0.510.